The molecule has 1 heterocycles. The topological polar surface area (TPSA) is 25.8 Å². The van der Waals surface area contributed by atoms with Gasteiger partial charge in [-0.1, -0.05) is 188 Å². The maximum Gasteiger partial charge on any atom is 0.160 e. The molecule has 0 spiro atoms. The largest absolute Gasteiger partial charge is 0.228 e. The van der Waals surface area contributed by atoms with Crippen LogP contribution in [0.3, 0.4) is 0 Å². The molecule has 0 bridgehead atoms. The zero-order valence-corrected chi connectivity index (χ0v) is 28.4. The second kappa shape index (κ2) is 12.5. The molecule has 2 nitrogen and oxygen atoms in total. The molecule has 0 radical (unpaired) electrons. The zero-order chi connectivity index (χ0) is 34.4. The van der Waals surface area contributed by atoms with Gasteiger partial charge in [-0.15, -0.1) is 0 Å². The van der Waals surface area contributed by atoms with Gasteiger partial charge in [-0.05, 0) is 72.5 Å². The van der Waals surface area contributed by atoms with Crippen molar-refractivity contribution in [2.75, 3.05) is 0 Å². The Morgan fingerprint density at radius 2 is 0.673 bits per heavy atom. The fourth-order valence-electron chi connectivity index (χ4n) is 7.85. The summed E-state index contributed by atoms with van der Waals surface area (Å²) >= 11 is 0. The molecule has 1 aliphatic rings. The van der Waals surface area contributed by atoms with Crippen molar-refractivity contribution < 1.29 is 0 Å². The summed E-state index contributed by atoms with van der Waals surface area (Å²) in [6.07, 6.45) is 0. The molecule has 10 rings (SSSR count). The van der Waals surface area contributed by atoms with Crippen molar-refractivity contribution in [2.24, 2.45) is 0 Å². The summed E-state index contributed by atoms with van der Waals surface area (Å²) in [7, 11) is 0. The SMILES string of the molecule is c1ccc(-c2ccc(-c3cc(-c4ccccc4-c4ccccc4-c4ccc5c6c(cccc46)-c4ccccc4-5)nc(-c4ccccc4)n3)cc2)cc1. The van der Waals surface area contributed by atoms with Gasteiger partial charge in [-0.3, -0.25) is 0 Å². The monoisotopic (exact) mass is 660 g/mol. The van der Waals surface area contributed by atoms with Crippen molar-refractivity contribution >= 4 is 10.8 Å². The minimum absolute atomic E-state index is 0.704. The van der Waals surface area contributed by atoms with Gasteiger partial charge in [-0.2, -0.15) is 0 Å². The van der Waals surface area contributed by atoms with Crippen LogP contribution in [-0.4, -0.2) is 9.97 Å². The van der Waals surface area contributed by atoms with Gasteiger partial charge in [0.1, 0.15) is 0 Å². The summed E-state index contributed by atoms with van der Waals surface area (Å²) < 4.78 is 0. The van der Waals surface area contributed by atoms with Gasteiger partial charge in [0.15, 0.2) is 5.82 Å². The highest BCUT2D eigenvalue weighted by Gasteiger charge is 2.23. The first-order valence-corrected chi connectivity index (χ1v) is 17.8. The molecular formula is C50H32N2. The lowest BCUT2D eigenvalue weighted by atomic mass is 9.87. The van der Waals surface area contributed by atoms with E-state index in [1.165, 1.54) is 60.8 Å². The molecule has 0 N–H and O–H groups in total. The highest BCUT2D eigenvalue weighted by atomic mass is 14.9. The summed E-state index contributed by atoms with van der Waals surface area (Å²) in [4.78, 5) is 10.4. The Hall–Kier alpha value is -6.90. The smallest absolute Gasteiger partial charge is 0.160 e. The van der Waals surface area contributed by atoms with Crippen LogP contribution < -0.4 is 0 Å². The number of rotatable bonds is 6. The molecule has 0 saturated heterocycles. The number of hydrogen-bond acceptors (Lipinski definition) is 2. The zero-order valence-electron chi connectivity index (χ0n) is 28.4. The van der Waals surface area contributed by atoms with Crippen LogP contribution in [0.2, 0.25) is 0 Å². The maximum atomic E-state index is 5.25. The fraction of sp³-hybridized carbons (Fsp3) is 0. The minimum atomic E-state index is 0.704. The normalized spacial score (nSPS) is 11.5. The van der Waals surface area contributed by atoms with Crippen molar-refractivity contribution in [3.63, 3.8) is 0 Å². The van der Waals surface area contributed by atoms with Gasteiger partial charge in [0.05, 0.1) is 11.4 Å². The Morgan fingerprint density at radius 3 is 1.33 bits per heavy atom. The van der Waals surface area contributed by atoms with Gasteiger partial charge < -0.3 is 0 Å². The van der Waals surface area contributed by atoms with E-state index >= 15 is 0 Å². The molecule has 52 heavy (non-hydrogen) atoms. The summed E-state index contributed by atoms with van der Waals surface area (Å²) in [5, 5.41) is 2.60. The third kappa shape index (κ3) is 5.04. The number of nitrogens with zero attached hydrogens (tertiary/aromatic N) is 2. The van der Waals surface area contributed by atoms with E-state index < -0.39 is 0 Å². The highest BCUT2D eigenvalue weighted by molar-refractivity contribution is 6.19. The van der Waals surface area contributed by atoms with Crippen LogP contribution in [0.4, 0.5) is 0 Å². The molecule has 1 aliphatic carbocycles. The predicted octanol–water partition coefficient (Wildman–Crippen LogP) is 13.3. The van der Waals surface area contributed by atoms with Crippen molar-refractivity contribution in [3.8, 4) is 89.5 Å². The van der Waals surface area contributed by atoms with Crippen LogP contribution in [0.1, 0.15) is 0 Å². The minimum Gasteiger partial charge on any atom is -0.228 e. The Balaban J connectivity index is 1.13. The number of fused-ring (bicyclic) bond motifs is 3. The third-order valence-corrected chi connectivity index (χ3v) is 10.3. The Labute approximate surface area is 303 Å². The van der Waals surface area contributed by atoms with Crippen LogP contribution in [-0.2, 0) is 0 Å². The number of benzene rings is 8. The standard InChI is InChI=1S/C50H32N2/c1-3-14-33(15-4-1)34-26-28-35(29-27-34)47-32-48(52-50(51-47)36-16-5-2-6-17-36)43-23-12-11-20-39(43)37-18-7-8-19-38(37)42-30-31-46-41-22-10-9-21-40(41)44-24-13-25-45(42)49(44)46/h1-32H. The first-order chi connectivity index (χ1) is 25.8. The Kier molecular flexibility index (Phi) is 7.18. The van der Waals surface area contributed by atoms with Crippen molar-refractivity contribution in [2.45, 2.75) is 0 Å². The molecule has 0 aliphatic heterocycles. The van der Waals surface area contributed by atoms with Gasteiger partial charge in [0, 0.05) is 16.7 Å². The van der Waals surface area contributed by atoms with Crippen LogP contribution in [0, 0.1) is 0 Å². The molecule has 242 valence electrons. The van der Waals surface area contributed by atoms with Crippen molar-refractivity contribution in [1.82, 2.24) is 9.97 Å². The molecule has 0 saturated carbocycles. The molecule has 0 unspecified atom stereocenters. The third-order valence-electron chi connectivity index (χ3n) is 10.3. The van der Waals surface area contributed by atoms with Crippen LogP contribution in [0.25, 0.3) is 100 Å². The fourth-order valence-corrected chi connectivity index (χ4v) is 7.85. The van der Waals surface area contributed by atoms with E-state index in [1.54, 1.807) is 0 Å². The van der Waals surface area contributed by atoms with Crippen molar-refractivity contribution in [1.29, 1.82) is 0 Å². The van der Waals surface area contributed by atoms with Crippen LogP contribution >= 0.6 is 0 Å². The van der Waals surface area contributed by atoms with Crippen LogP contribution in [0.5, 0.6) is 0 Å². The van der Waals surface area contributed by atoms with Crippen molar-refractivity contribution in [3.05, 3.63) is 194 Å². The van der Waals surface area contributed by atoms with Gasteiger partial charge >= 0.3 is 0 Å². The first kappa shape index (κ1) is 30.0. The molecule has 2 heteroatoms. The van der Waals surface area contributed by atoms with E-state index in [0.717, 1.165) is 33.6 Å². The maximum absolute atomic E-state index is 5.25. The molecule has 1 aromatic heterocycles. The second-order valence-electron chi connectivity index (χ2n) is 13.3. The summed E-state index contributed by atoms with van der Waals surface area (Å²) in [5.74, 6) is 0.704. The van der Waals surface area contributed by atoms with E-state index in [4.69, 9.17) is 9.97 Å². The van der Waals surface area contributed by atoms with E-state index in [0.29, 0.717) is 5.82 Å². The molecule has 8 aromatic carbocycles. The average Bonchev–Trinajstić information content (AvgIpc) is 3.56. The van der Waals surface area contributed by atoms with Gasteiger partial charge in [0.2, 0.25) is 0 Å². The summed E-state index contributed by atoms with van der Waals surface area (Å²) in [6, 6.07) is 69.1. The summed E-state index contributed by atoms with van der Waals surface area (Å²) in [5.41, 5.74) is 17.2. The Morgan fingerprint density at radius 1 is 0.250 bits per heavy atom. The Bertz CT molecular complexity index is 2740. The lowest BCUT2D eigenvalue weighted by molar-refractivity contribution is 1.18. The number of aromatic nitrogens is 2. The van der Waals surface area contributed by atoms with E-state index in [1.807, 2.05) is 24.3 Å². The molecule has 9 aromatic rings. The summed E-state index contributed by atoms with van der Waals surface area (Å²) in [6.45, 7) is 0. The molecule has 0 amide bonds. The van der Waals surface area contributed by atoms with Gasteiger partial charge in [0.25, 0.3) is 0 Å². The highest BCUT2D eigenvalue weighted by Crippen LogP contribution is 2.50. The molecule has 0 atom stereocenters. The van der Waals surface area contributed by atoms with Gasteiger partial charge in [-0.25, -0.2) is 9.97 Å². The van der Waals surface area contributed by atoms with E-state index in [9.17, 15) is 0 Å². The average molecular weight is 661 g/mol. The lowest BCUT2D eigenvalue weighted by Crippen LogP contribution is -1.97. The van der Waals surface area contributed by atoms with E-state index in [2.05, 4.69) is 170 Å². The van der Waals surface area contributed by atoms with E-state index in [-0.39, 0.29) is 0 Å². The molecule has 0 fully saturated rings. The molecular weight excluding hydrogens is 629 g/mol. The quantitative estimate of drug-likeness (QED) is 0.177. The van der Waals surface area contributed by atoms with Crippen LogP contribution in [0.15, 0.2) is 194 Å². The predicted molar refractivity (Wildman–Crippen MR) is 217 cm³/mol. The second-order valence-corrected chi connectivity index (χ2v) is 13.3. The lowest BCUT2D eigenvalue weighted by Gasteiger charge is -2.17. The number of hydrogen-bond donors (Lipinski definition) is 0. The first-order valence-electron chi connectivity index (χ1n) is 17.8.